The van der Waals surface area contributed by atoms with Crippen LogP contribution in [-0.4, -0.2) is 30.3 Å². The van der Waals surface area contributed by atoms with Crippen molar-refractivity contribution in [2.45, 2.75) is 31.3 Å². The van der Waals surface area contributed by atoms with Gasteiger partial charge in [0.2, 0.25) is 0 Å². The van der Waals surface area contributed by atoms with Crippen molar-refractivity contribution < 1.29 is 4.74 Å². The molecule has 1 spiro atoms. The smallest absolute Gasteiger partial charge is 0.130 e. The first-order valence-electron chi connectivity index (χ1n) is 6.39. The fourth-order valence-electron chi connectivity index (χ4n) is 2.91. The van der Waals surface area contributed by atoms with Crippen molar-refractivity contribution in [3.05, 3.63) is 18.2 Å². The van der Waals surface area contributed by atoms with Gasteiger partial charge < -0.3 is 15.4 Å². The molecule has 17 heavy (non-hydrogen) atoms. The Morgan fingerprint density at radius 1 is 1.24 bits per heavy atom. The number of aromatic nitrogens is 1. The second kappa shape index (κ2) is 4.18. The lowest BCUT2D eigenvalue weighted by Crippen LogP contribution is -2.44. The Balaban J connectivity index is 1.68. The van der Waals surface area contributed by atoms with E-state index >= 15 is 0 Å². The zero-order valence-electron chi connectivity index (χ0n) is 10.1. The zero-order chi connectivity index (χ0) is 11.7. The van der Waals surface area contributed by atoms with Crippen molar-refractivity contribution in [2.24, 2.45) is 0 Å². The number of hydrogen-bond acceptors (Lipinski definition) is 4. The molecule has 2 aliphatic heterocycles. The predicted octanol–water partition coefficient (Wildman–Crippen LogP) is 1.81. The predicted molar refractivity (Wildman–Crippen MR) is 68.0 cm³/mol. The van der Waals surface area contributed by atoms with Gasteiger partial charge in [0.25, 0.3) is 0 Å². The van der Waals surface area contributed by atoms with Crippen molar-refractivity contribution in [1.82, 2.24) is 4.98 Å². The van der Waals surface area contributed by atoms with Gasteiger partial charge >= 0.3 is 0 Å². The second-order valence-corrected chi connectivity index (χ2v) is 5.04. The number of hydrogen-bond donors (Lipinski definition) is 1. The Morgan fingerprint density at radius 2 is 2.06 bits per heavy atom. The number of anilines is 2. The van der Waals surface area contributed by atoms with E-state index in [0.29, 0.717) is 5.82 Å². The van der Waals surface area contributed by atoms with Gasteiger partial charge in [-0.25, -0.2) is 4.98 Å². The van der Waals surface area contributed by atoms with Crippen LogP contribution in [0.4, 0.5) is 11.6 Å². The number of ether oxygens (including phenoxy) is 1. The van der Waals surface area contributed by atoms with E-state index in [4.69, 9.17) is 10.5 Å². The molecular formula is C13H19N3O. The minimum Gasteiger partial charge on any atom is -0.384 e. The van der Waals surface area contributed by atoms with Crippen LogP contribution in [-0.2, 0) is 4.74 Å². The number of pyridine rings is 1. The lowest BCUT2D eigenvalue weighted by Gasteiger charge is -2.39. The van der Waals surface area contributed by atoms with Crippen LogP contribution in [0.3, 0.4) is 0 Å². The largest absolute Gasteiger partial charge is 0.384 e. The third-order valence-electron chi connectivity index (χ3n) is 3.94. The Labute approximate surface area is 102 Å². The van der Waals surface area contributed by atoms with E-state index < -0.39 is 0 Å². The fourth-order valence-corrected chi connectivity index (χ4v) is 2.91. The van der Waals surface area contributed by atoms with E-state index in [1.807, 2.05) is 18.2 Å². The maximum absolute atomic E-state index is 5.92. The molecule has 1 aromatic rings. The highest BCUT2D eigenvalue weighted by molar-refractivity contribution is 5.45. The van der Waals surface area contributed by atoms with Gasteiger partial charge in [0.1, 0.15) is 11.6 Å². The highest BCUT2D eigenvalue weighted by Gasteiger charge is 2.38. The molecule has 92 valence electrons. The van der Waals surface area contributed by atoms with E-state index in [0.717, 1.165) is 38.4 Å². The Kier molecular flexibility index (Phi) is 2.67. The molecule has 2 aliphatic rings. The van der Waals surface area contributed by atoms with E-state index in [1.165, 1.54) is 12.8 Å². The number of nitrogens with zero attached hydrogens (tertiary/aromatic N) is 2. The SMILES string of the molecule is Nc1cccc(N2CCC3(CCCO3)CC2)n1. The first-order valence-corrected chi connectivity index (χ1v) is 6.39. The van der Waals surface area contributed by atoms with E-state index in [2.05, 4.69) is 9.88 Å². The van der Waals surface area contributed by atoms with Crippen LogP contribution in [0.1, 0.15) is 25.7 Å². The molecule has 0 bridgehead atoms. The summed E-state index contributed by atoms with van der Waals surface area (Å²) in [6.07, 6.45) is 4.68. The average Bonchev–Trinajstić information content (AvgIpc) is 2.79. The van der Waals surface area contributed by atoms with Crippen molar-refractivity contribution in [3.8, 4) is 0 Å². The summed E-state index contributed by atoms with van der Waals surface area (Å²) in [5, 5.41) is 0. The van der Waals surface area contributed by atoms with Crippen molar-refractivity contribution in [2.75, 3.05) is 30.3 Å². The second-order valence-electron chi connectivity index (χ2n) is 5.04. The summed E-state index contributed by atoms with van der Waals surface area (Å²) in [6, 6.07) is 5.83. The van der Waals surface area contributed by atoms with Crippen LogP contribution in [0.2, 0.25) is 0 Å². The van der Waals surface area contributed by atoms with E-state index in [-0.39, 0.29) is 5.60 Å². The Hall–Kier alpha value is -1.29. The lowest BCUT2D eigenvalue weighted by atomic mass is 9.89. The summed E-state index contributed by atoms with van der Waals surface area (Å²) in [4.78, 5) is 6.68. The van der Waals surface area contributed by atoms with Crippen LogP contribution >= 0.6 is 0 Å². The number of nitrogen functional groups attached to an aromatic ring is 1. The van der Waals surface area contributed by atoms with Gasteiger partial charge in [0, 0.05) is 19.7 Å². The third-order valence-corrected chi connectivity index (χ3v) is 3.94. The summed E-state index contributed by atoms with van der Waals surface area (Å²) in [5.74, 6) is 1.60. The molecule has 0 amide bonds. The lowest BCUT2D eigenvalue weighted by molar-refractivity contribution is -0.0146. The maximum atomic E-state index is 5.92. The minimum atomic E-state index is 0.177. The topological polar surface area (TPSA) is 51.4 Å². The fraction of sp³-hybridized carbons (Fsp3) is 0.615. The summed E-state index contributed by atoms with van der Waals surface area (Å²) >= 11 is 0. The first-order chi connectivity index (χ1) is 8.27. The van der Waals surface area contributed by atoms with Crippen molar-refractivity contribution in [3.63, 3.8) is 0 Å². The molecule has 0 unspecified atom stereocenters. The van der Waals surface area contributed by atoms with Gasteiger partial charge in [-0.2, -0.15) is 0 Å². The number of piperidine rings is 1. The van der Waals surface area contributed by atoms with Crippen molar-refractivity contribution >= 4 is 11.6 Å². The molecule has 0 atom stereocenters. The zero-order valence-corrected chi connectivity index (χ0v) is 10.1. The standard InChI is InChI=1S/C13H19N3O/c14-11-3-1-4-12(15-11)16-8-6-13(7-9-16)5-2-10-17-13/h1,3-4H,2,5-10H2,(H2,14,15). The molecule has 0 aromatic carbocycles. The number of nitrogens with two attached hydrogens (primary N) is 1. The van der Waals surface area contributed by atoms with E-state index in [1.54, 1.807) is 0 Å². The quantitative estimate of drug-likeness (QED) is 0.803. The van der Waals surface area contributed by atoms with Crippen LogP contribution in [0.5, 0.6) is 0 Å². The molecule has 3 rings (SSSR count). The molecule has 2 fully saturated rings. The van der Waals surface area contributed by atoms with Crippen LogP contribution < -0.4 is 10.6 Å². The molecule has 0 radical (unpaired) electrons. The van der Waals surface area contributed by atoms with Gasteiger partial charge in [-0.15, -0.1) is 0 Å². The molecule has 4 nitrogen and oxygen atoms in total. The Bertz CT molecular complexity index is 391. The van der Waals surface area contributed by atoms with Gasteiger partial charge in [0.15, 0.2) is 0 Å². The molecule has 2 N–H and O–H groups in total. The molecule has 4 heteroatoms. The summed E-state index contributed by atoms with van der Waals surface area (Å²) < 4.78 is 5.92. The first kappa shape index (κ1) is 10.8. The van der Waals surface area contributed by atoms with Crippen LogP contribution in [0.25, 0.3) is 0 Å². The highest BCUT2D eigenvalue weighted by Crippen LogP contribution is 2.36. The maximum Gasteiger partial charge on any atom is 0.130 e. The summed E-state index contributed by atoms with van der Waals surface area (Å²) in [6.45, 7) is 2.99. The molecule has 1 aromatic heterocycles. The van der Waals surface area contributed by atoms with E-state index in [9.17, 15) is 0 Å². The highest BCUT2D eigenvalue weighted by atomic mass is 16.5. The summed E-state index contributed by atoms with van der Waals surface area (Å²) in [5.41, 5.74) is 5.90. The minimum absolute atomic E-state index is 0.177. The van der Waals surface area contributed by atoms with Gasteiger partial charge in [-0.1, -0.05) is 6.07 Å². The normalized spacial score (nSPS) is 23.2. The molecule has 2 saturated heterocycles. The van der Waals surface area contributed by atoms with Gasteiger partial charge in [0.05, 0.1) is 5.60 Å². The summed E-state index contributed by atoms with van der Waals surface area (Å²) in [7, 11) is 0. The van der Waals surface area contributed by atoms with Crippen LogP contribution in [0, 0.1) is 0 Å². The van der Waals surface area contributed by atoms with Crippen molar-refractivity contribution in [1.29, 1.82) is 0 Å². The average molecular weight is 233 g/mol. The monoisotopic (exact) mass is 233 g/mol. The molecule has 0 aliphatic carbocycles. The molecule has 3 heterocycles. The number of rotatable bonds is 1. The third kappa shape index (κ3) is 2.09. The Morgan fingerprint density at radius 3 is 2.71 bits per heavy atom. The molecular weight excluding hydrogens is 214 g/mol. The van der Waals surface area contributed by atoms with Crippen LogP contribution in [0.15, 0.2) is 18.2 Å². The van der Waals surface area contributed by atoms with Gasteiger partial charge in [-0.3, -0.25) is 0 Å². The van der Waals surface area contributed by atoms with Gasteiger partial charge in [-0.05, 0) is 37.8 Å². The molecule has 0 saturated carbocycles.